The van der Waals surface area contributed by atoms with Gasteiger partial charge in [-0.05, 0) is 74.1 Å². The molecule has 0 fully saturated rings. The fourth-order valence-corrected chi connectivity index (χ4v) is 2.46. The van der Waals surface area contributed by atoms with Crippen LogP contribution in [-0.2, 0) is 4.79 Å². The molecule has 0 aliphatic carbocycles. The van der Waals surface area contributed by atoms with Crippen LogP contribution in [-0.4, -0.2) is 29.6 Å². The van der Waals surface area contributed by atoms with E-state index in [0.717, 1.165) is 10.9 Å². The molecule has 7 nitrogen and oxygen atoms in total. The maximum absolute atomic E-state index is 12.2. The third kappa shape index (κ3) is 8.08. The van der Waals surface area contributed by atoms with E-state index in [1.54, 1.807) is 48.5 Å². The number of thiocarbonyl (C=S) groups is 1. The molecule has 1 unspecified atom stereocenters. The van der Waals surface area contributed by atoms with Gasteiger partial charge in [0.05, 0.1) is 6.10 Å². The highest BCUT2D eigenvalue weighted by Gasteiger charge is 2.10. The number of ether oxygens (including phenoxy) is 2. The highest BCUT2D eigenvalue weighted by Crippen LogP contribution is 2.16. The number of hydrogen-bond acceptors (Lipinski definition) is 5. The summed E-state index contributed by atoms with van der Waals surface area (Å²) in [6, 6.07) is 13.8. The van der Waals surface area contributed by atoms with Gasteiger partial charge in [0.25, 0.3) is 11.8 Å². The van der Waals surface area contributed by atoms with Crippen LogP contribution in [0.15, 0.2) is 53.0 Å². The lowest BCUT2D eigenvalue weighted by atomic mass is 10.2. The zero-order valence-corrected chi connectivity index (χ0v) is 18.4. The lowest BCUT2D eigenvalue weighted by Crippen LogP contribution is -2.49. The number of amides is 2. The molecule has 3 N–H and O–H groups in total. The molecule has 2 aromatic carbocycles. The molecular formula is C20H22BrN3O4S. The van der Waals surface area contributed by atoms with Crippen LogP contribution in [0.3, 0.4) is 0 Å². The molecule has 0 heterocycles. The van der Waals surface area contributed by atoms with Gasteiger partial charge in [-0.25, -0.2) is 0 Å². The smallest absolute Gasteiger partial charge is 0.276 e. The van der Waals surface area contributed by atoms with Crippen LogP contribution < -0.4 is 25.6 Å². The lowest BCUT2D eigenvalue weighted by molar-refractivity contribution is -0.123. The van der Waals surface area contributed by atoms with E-state index in [1.165, 1.54) is 0 Å². The predicted octanol–water partition coefficient (Wildman–Crippen LogP) is 3.34. The zero-order valence-electron chi connectivity index (χ0n) is 16.0. The van der Waals surface area contributed by atoms with Crippen molar-refractivity contribution in [3.63, 3.8) is 0 Å². The van der Waals surface area contributed by atoms with Crippen molar-refractivity contribution < 1.29 is 19.1 Å². The monoisotopic (exact) mass is 479 g/mol. The molecule has 29 heavy (non-hydrogen) atoms. The van der Waals surface area contributed by atoms with Gasteiger partial charge in [-0.1, -0.05) is 22.9 Å². The van der Waals surface area contributed by atoms with Gasteiger partial charge < -0.3 is 9.47 Å². The Labute approximate surface area is 183 Å². The molecule has 1 atom stereocenters. The Kier molecular flexibility index (Phi) is 8.88. The summed E-state index contributed by atoms with van der Waals surface area (Å²) in [7, 11) is 0. The van der Waals surface area contributed by atoms with Crippen molar-refractivity contribution in [3.05, 3.63) is 58.6 Å². The summed E-state index contributed by atoms with van der Waals surface area (Å²) >= 11 is 8.33. The Morgan fingerprint density at radius 2 is 1.66 bits per heavy atom. The summed E-state index contributed by atoms with van der Waals surface area (Å²) in [6.45, 7) is 3.80. The van der Waals surface area contributed by atoms with Crippen molar-refractivity contribution in [2.75, 3.05) is 6.61 Å². The number of halogens is 1. The summed E-state index contributed by atoms with van der Waals surface area (Å²) in [5.74, 6) is 0.392. The van der Waals surface area contributed by atoms with Gasteiger partial charge in [0.1, 0.15) is 11.5 Å². The first kappa shape index (κ1) is 22.6. The molecule has 2 aromatic rings. The van der Waals surface area contributed by atoms with Crippen LogP contribution in [0.4, 0.5) is 0 Å². The fourth-order valence-electron chi connectivity index (χ4n) is 2.05. The molecular weight excluding hydrogens is 458 g/mol. The van der Waals surface area contributed by atoms with Gasteiger partial charge >= 0.3 is 0 Å². The number of hydrazine groups is 1. The Balaban J connectivity index is 1.73. The van der Waals surface area contributed by atoms with Crippen molar-refractivity contribution in [1.82, 2.24) is 16.2 Å². The van der Waals surface area contributed by atoms with Gasteiger partial charge in [0.15, 0.2) is 11.7 Å². The molecule has 154 valence electrons. The molecule has 0 spiro atoms. The van der Waals surface area contributed by atoms with Crippen LogP contribution in [0, 0.1) is 0 Å². The molecule has 0 saturated carbocycles. The highest BCUT2D eigenvalue weighted by molar-refractivity contribution is 9.10. The van der Waals surface area contributed by atoms with Gasteiger partial charge in [0.2, 0.25) is 0 Å². The van der Waals surface area contributed by atoms with Crippen LogP contribution in [0.1, 0.15) is 30.6 Å². The van der Waals surface area contributed by atoms with E-state index in [1.807, 2.05) is 13.8 Å². The number of carbonyl (C=O) groups is 2. The third-order valence-corrected chi connectivity index (χ3v) is 4.49. The number of hydrogen-bond donors (Lipinski definition) is 3. The van der Waals surface area contributed by atoms with E-state index >= 15 is 0 Å². The Morgan fingerprint density at radius 1 is 1.03 bits per heavy atom. The molecule has 2 rings (SSSR count). The second-order valence-electron chi connectivity index (χ2n) is 6.06. The van der Waals surface area contributed by atoms with Crippen molar-refractivity contribution in [2.45, 2.75) is 26.4 Å². The van der Waals surface area contributed by atoms with Crippen molar-refractivity contribution >= 4 is 45.1 Å². The summed E-state index contributed by atoms with van der Waals surface area (Å²) in [5.41, 5.74) is 5.23. The van der Waals surface area contributed by atoms with Crippen molar-refractivity contribution in [3.8, 4) is 11.5 Å². The minimum absolute atomic E-state index is 0.0353. The largest absolute Gasteiger partial charge is 0.491 e. The highest BCUT2D eigenvalue weighted by atomic mass is 79.9. The van der Waals surface area contributed by atoms with Crippen LogP contribution in [0.2, 0.25) is 0 Å². The number of benzene rings is 2. The van der Waals surface area contributed by atoms with Gasteiger partial charge in [0, 0.05) is 10.0 Å². The summed E-state index contributed by atoms with van der Waals surface area (Å²) in [5, 5.41) is 2.45. The second-order valence-corrected chi connectivity index (χ2v) is 7.38. The first-order valence-corrected chi connectivity index (χ1v) is 10.1. The normalized spacial score (nSPS) is 11.1. The van der Waals surface area contributed by atoms with Crippen LogP contribution >= 0.6 is 28.1 Å². The lowest BCUT2D eigenvalue weighted by Gasteiger charge is -2.13. The van der Waals surface area contributed by atoms with E-state index < -0.39 is 11.8 Å². The molecule has 0 aliphatic rings. The Hall–Kier alpha value is -2.65. The predicted molar refractivity (Wildman–Crippen MR) is 118 cm³/mol. The average molecular weight is 480 g/mol. The minimum Gasteiger partial charge on any atom is -0.491 e. The Bertz CT molecular complexity index is 844. The average Bonchev–Trinajstić information content (AvgIpc) is 2.72. The van der Waals surface area contributed by atoms with Crippen LogP contribution in [0.25, 0.3) is 0 Å². The standard InChI is InChI=1S/C20H22BrN3O4S/c1-3-13(2)28-17-8-4-14(5-9-17)19(26)22-20(29)24-23-18(25)12-27-16-10-6-15(21)7-11-16/h4-11,13H,3,12H2,1-2H3,(H,23,25)(H2,22,24,26,29). The maximum atomic E-state index is 12.2. The van der Waals surface area contributed by atoms with Gasteiger partial charge in [-0.2, -0.15) is 0 Å². The molecule has 2 amide bonds. The molecule has 0 aliphatic heterocycles. The van der Waals surface area contributed by atoms with E-state index in [-0.39, 0.29) is 17.8 Å². The van der Waals surface area contributed by atoms with Crippen LogP contribution in [0.5, 0.6) is 11.5 Å². The number of carbonyl (C=O) groups excluding carboxylic acids is 2. The Morgan fingerprint density at radius 3 is 2.28 bits per heavy atom. The minimum atomic E-state index is -0.448. The molecule has 0 bridgehead atoms. The summed E-state index contributed by atoms with van der Waals surface area (Å²) < 4.78 is 11.9. The molecule has 0 radical (unpaired) electrons. The number of rotatable bonds is 7. The first-order valence-electron chi connectivity index (χ1n) is 8.92. The summed E-state index contributed by atoms with van der Waals surface area (Å²) in [6.07, 6.45) is 0.991. The van der Waals surface area contributed by atoms with Gasteiger partial charge in [-0.15, -0.1) is 0 Å². The van der Waals surface area contributed by atoms with E-state index in [0.29, 0.717) is 17.1 Å². The number of nitrogens with one attached hydrogen (secondary N) is 3. The third-order valence-electron chi connectivity index (χ3n) is 3.75. The SMILES string of the molecule is CCC(C)Oc1ccc(C(=O)NC(=S)NNC(=O)COc2ccc(Br)cc2)cc1. The van der Waals surface area contributed by atoms with Gasteiger partial charge in [-0.3, -0.25) is 25.8 Å². The molecule has 0 aromatic heterocycles. The van der Waals surface area contributed by atoms with E-state index in [2.05, 4.69) is 32.1 Å². The topological polar surface area (TPSA) is 88.7 Å². The molecule has 0 saturated heterocycles. The quantitative estimate of drug-likeness (QED) is 0.416. The zero-order chi connectivity index (χ0) is 21.2. The van der Waals surface area contributed by atoms with E-state index in [9.17, 15) is 9.59 Å². The summed E-state index contributed by atoms with van der Waals surface area (Å²) in [4.78, 5) is 24.0. The molecule has 9 heteroatoms. The van der Waals surface area contributed by atoms with Crippen molar-refractivity contribution in [2.24, 2.45) is 0 Å². The second kappa shape index (κ2) is 11.4. The van der Waals surface area contributed by atoms with Crippen molar-refractivity contribution in [1.29, 1.82) is 0 Å². The van der Waals surface area contributed by atoms with E-state index in [4.69, 9.17) is 21.7 Å². The fraction of sp³-hybridized carbons (Fsp3) is 0.250. The first-order chi connectivity index (χ1) is 13.9. The maximum Gasteiger partial charge on any atom is 0.276 e.